The van der Waals surface area contributed by atoms with Crippen molar-refractivity contribution in [2.75, 3.05) is 26.2 Å². The Balaban J connectivity index is 1.27. The van der Waals surface area contributed by atoms with E-state index < -0.39 is 10.0 Å². The van der Waals surface area contributed by atoms with Gasteiger partial charge in [-0.3, -0.25) is 4.90 Å². The molecule has 3 N–H and O–H groups in total. The lowest BCUT2D eigenvalue weighted by molar-refractivity contribution is -0.394. The first kappa shape index (κ1) is 27.4. The molecule has 0 radical (unpaired) electrons. The van der Waals surface area contributed by atoms with Gasteiger partial charge in [-0.25, -0.2) is 12.7 Å². The maximum absolute atomic E-state index is 13.9. The number of hydrogen-bond acceptors (Lipinski definition) is 3. The third-order valence-electron chi connectivity index (χ3n) is 12.0. The second-order valence-corrected chi connectivity index (χ2v) is 15.9. The monoisotopic (exact) mass is 522 g/mol. The third-order valence-corrected chi connectivity index (χ3v) is 14.5. The van der Waals surface area contributed by atoms with Gasteiger partial charge in [0.1, 0.15) is 0 Å². The fraction of sp³-hybridized carbons (Fsp3) is 1.00. The van der Waals surface area contributed by atoms with E-state index in [1.807, 2.05) is 4.31 Å². The van der Waals surface area contributed by atoms with Gasteiger partial charge in [0.2, 0.25) is 10.0 Å². The molecule has 0 amide bonds. The molecule has 0 bridgehead atoms. The Morgan fingerprint density at radius 3 is 2.14 bits per heavy atom. The van der Waals surface area contributed by atoms with E-state index in [0.29, 0.717) is 23.9 Å². The quantitative estimate of drug-likeness (QED) is 0.565. The summed E-state index contributed by atoms with van der Waals surface area (Å²) in [7, 11) is -3.22. The van der Waals surface area contributed by atoms with Crippen molar-refractivity contribution < 1.29 is 14.2 Å². The number of nitrogens with zero attached hydrogens (tertiary/aromatic N) is 2. The minimum Gasteiger partial charge on any atom is -0.356 e. The third kappa shape index (κ3) is 5.19. The molecule has 0 aromatic rings. The fourth-order valence-electron chi connectivity index (χ4n) is 9.66. The van der Waals surface area contributed by atoms with Crippen LogP contribution in [-0.4, -0.2) is 61.1 Å². The topological polar surface area (TPSA) is 68.3 Å². The second kappa shape index (κ2) is 11.5. The first-order valence-electron chi connectivity index (χ1n) is 15.9. The molecule has 2 saturated heterocycles. The molecule has 3 aliphatic carbocycles. The highest BCUT2D eigenvalue weighted by Crippen LogP contribution is 2.50. The van der Waals surface area contributed by atoms with E-state index in [2.05, 4.69) is 31.4 Å². The average Bonchev–Trinajstić information content (AvgIpc) is 2.85. The Labute approximate surface area is 222 Å². The van der Waals surface area contributed by atoms with Crippen LogP contribution in [0.5, 0.6) is 0 Å². The molecule has 2 aliphatic heterocycles. The molecule has 2 heterocycles. The van der Waals surface area contributed by atoms with Gasteiger partial charge in [-0.2, -0.15) is 0 Å². The smallest absolute Gasteiger partial charge is 0.217 e. The summed E-state index contributed by atoms with van der Waals surface area (Å²) in [5, 5.41) is -0.156. The van der Waals surface area contributed by atoms with Crippen LogP contribution in [0, 0.1) is 41.4 Å². The van der Waals surface area contributed by atoms with Crippen LogP contribution in [0.3, 0.4) is 0 Å². The predicted octanol–water partition coefficient (Wildman–Crippen LogP) is 4.78. The first-order valence-corrected chi connectivity index (χ1v) is 17.4. The van der Waals surface area contributed by atoms with Crippen molar-refractivity contribution in [1.29, 1.82) is 0 Å². The van der Waals surface area contributed by atoms with Gasteiger partial charge < -0.3 is 5.73 Å². The molecule has 0 aromatic heterocycles. The molecule has 208 valence electrons. The summed E-state index contributed by atoms with van der Waals surface area (Å²) >= 11 is 0. The van der Waals surface area contributed by atoms with Crippen LogP contribution in [0.4, 0.5) is 0 Å². The van der Waals surface area contributed by atoms with Crippen LogP contribution in [0.25, 0.3) is 0 Å². The van der Waals surface area contributed by atoms with Crippen molar-refractivity contribution in [3.8, 4) is 0 Å². The van der Waals surface area contributed by atoms with E-state index >= 15 is 0 Å². The zero-order valence-corrected chi connectivity index (χ0v) is 24.4. The van der Waals surface area contributed by atoms with E-state index in [1.54, 1.807) is 0 Å². The highest BCUT2D eigenvalue weighted by atomic mass is 32.2. The first-order chi connectivity index (χ1) is 17.3. The van der Waals surface area contributed by atoms with Crippen molar-refractivity contribution in [1.82, 2.24) is 9.21 Å². The molecule has 8 atom stereocenters. The van der Waals surface area contributed by atoms with Crippen LogP contribution in [-0.2, 0) is 10.0 Å². The van der Waals surface area contributed by atoms with E-state index in [9.17, 15) is 8.42 Å². The van der Waals surface area contributed by atoms with E-state index in [4.69, 9.17) is 0 Å². The molecule has 5 fully saturated rings. The van der Waals surface area contributed by atoms with Crippen LogP contribution >= 0.6 is 0 Å². The number of fused-ring (bicyclic) bond motifs is 1. The normalized spacial score (nSPS) is 45.8. The van der Waals surface area contributed by atoms with Crippen LogP contribution in [0.1, 0.15) is 104 Å². The summed E-state index contributed by atoms with van der Waals surface area (Å²) in [5.41, 5.74) is 4.38. The Hall–Kier alpha value is -0.170. The summed E-state index contributed by atoms with van der Waals surface area (Å²) in [5.74, 6) is 5.36. The summed E-state index contributed by atoms with van der Waals surface area (Å²) in [6, 6.07) is 0.988. The Bertz CT molecular complexity index is 826. The standard InChI is InChI=1S/C30H55N3O2S/c1-21-10-8-11-26(23(21)3)24-13-15-25(16-14-24)30-27(19-31)33-18-7-6-17-32(20-28(30)33)36(34,35)29-12-5-4-9-22(29)2/h21-30H,4-20,31H2,1-3H3/p+1/t21?,22?,23?,24?,25?,26?,27-,28?,29?,30-/m1/s1. The highest BCUT2D eigenvalue weighted by Gasteiger charge is 2.54. The Morgan fingerprint density at radius 2 is 1.42 bits per heavy atom. The molecule has 0 aromatic carbocycles. The minimum absolute atomic E-state index is 0.156. The lowest BCUT2D eigenvalue weighted by atomic mass is 9.60. The van der Waals surface area contributed by atoms with E-state index in [-0.39, 0.29) is 5.25 Å². The lowest BCUT2D eigenvalue weighted by Crippen LogP contribution is -2.76. The van der Waals surface area contributed by atoms with Crippen molar-refractivity contribution in [2.24, 2.45) is 41.4 Å². The molecule has 36 heavy (non-hydrogen) atoms. The molecule has 6 heteroatoms. The number of hydrogen-bond donors (Lipinski definition) is 1. The minimum atomic E-state index is -3.22. The summed E-state index contributed by atoms with van der Waals surface area (Å²) < 4.78 is 29.8. The number of quaternary nitrogens is 1. The fourth-order valence-corrected chi connectivity index (χ4v) is 12.0. The zero-order chi connectivity index (χ0) is 25.4. The van der Waals surface area contributed by atoms with Gasteiger partial charge in [0, 0.05) is 19.1 Å². The lowest BCUT2D eigenvalue weighted by Gasteiger charge is -2.59. The predicted molar refractivity (Wildman–Crippen MR) is 148 cm³/mol. The second-order valence-electron chi connectivity index (χ2n) is 13.8. The number of sulfonamides is 1. The van der Waals surface area contributed by atoms with Gasteiger partial charge in [0.05, 0.1) is 17.8 Å². The molecule has 0 spiro atoms. The number of rotatable bonds is 5. The molecular weight excluding hydrogens is 466 g/mol. The summed E-state index contributed by atoms with van der Waals surface area (Å²) in [6.07, 6.45) is 16.2. The largest absolute Gasteiger partial charge is 0.356 e. The van der Waals surface area contributed by atoms with Crippen LogP contribution in [0.2, 0.25) is 0 Å². The van der Waals surface area contributed by atoms with Gasteiger partial charge in [0.25, 0.3) is 0 Å². The molecule has 5 rings (SSSR count). The van der Waals surface area contributed by atoms with Gasteiger partial charge in [-0.15, -0.1) is 0 Å². The van der Waals surface area contributed by atoms with Gasteiger partial charge >= 0.3 is 0 Å². The molecular formula is C30H56N3O2S+. The average molecular weight is 523 g/mol. The van der Waals surface area contributed by atoms with Crippen molar-refractivity contribution in [2.45, 2.75) is 122 Å². The Morgan fingerprint density at radius 1 is 0.750 bits per heavy atom. The zero-order valence-electron chi connectivity index (χ0n) is 23.6. The SMILES string of the molecule is CC1CCCC(C2CCC([C@H]3C4CN(S(=O)(=O)C5CCCCC5C)CCCCN4[C@@H]3C[NH3+])CC2)C1C. The van der Waals surface area contributed by atoms with Crippen molar-refractivity contribution in [3.63, 3.8) is 0 Å². The molecule has 5 nitrogen and oxygen atoms in total. The molecule has 6 unspecified atom stereocenters. The maximum atomic E-state index is 13.9. The van der Waals surface area contributed by atoms with Crippen LogP contribution < -0.4 is 5.73 Å². The summed E-state index contributed by atoms with van der Waals surface area (Å²) in [4.78, 5) is 2.68. The summed E-state index contributed by atoms with van der Waals surface area (Å²) in [6.45, 7) is 10.8. The highest BCUT2D eigenvalue weighted by molar-refractivity contribution is 7.89. The van der Waals surface area contributed by atoms with E-state index in [0.717, 1.165) is 87.9 Å². The molecule has 5 aliphatic rings. The van der Waals surface area contributed by atoms with Crippen molar-refractivity contribution >= 4 is 10.0 Å². The molecule has 3 saturated carbocycles. The van der Waals surface area contributed by atoms with E-state index in [1.165, 1.54) is 51.4 Å². The van der Waals surface area contributed by atoms with Gasteiger partial charge in [-0.1, -0.05) is 46.5 Å². The van der Waals surface area contributed by atoms with Crippen molar-refractivity contribution in [3.05, 3.63) is 0 Å². The van der Waals surface area contributed by atoms with Gasteiger partial charge in [-0.05, 0) is 106 Å². The van der Waals surface area contributed by atoms with Gasteiger partial charge in [0.15, 0.2) is 0 Å². The van der Waals surface area contributed by atoms with Crippen LogP contribution in [0.15, 0.2) is 0 Å². The Kier molecular flexibility index (Phi) is 8.77. The maximum Gasteiger partial charge on any atom is 0.217 e.